The smallest absolute Gasteiger partial charge is 0.348 e. The van der Waals surface area contributed by atoms with E-state index in [-0.39, 0.29) is 5.97 Å². The topological polar surface area (TPSA) is 26.3 Å². The second-order valence-corrected chi connectivity index (χ2v) is 5.41. The molecule has 0 radical (unpaired) electrons. The average molecular weight is 305 g/mol. The summed E-state index contributed by atoms with van der Waals surface area (Å²) < 4.78 is 7.38. The van der Waals surface area contributed by atoms with Crippen molar-refractivity contribution in [3.63, 3.8) is 0 Å². The fraction of sp³-hybridized carbons (Fsp3) is 0.300. The summed E-state index contributed by atoms with van der Waals surface area (Å²) in [6.07, 6.45) is 0. The van der Waals surface area contributed by atoms with Crippen LogP contribution < -0.4 is 0 Å². The molecule has 2 nitrogen and oxygen atoms in total. The van der Waals surface area contributed by atoms with Crippen molar-refractivity contribution in [3.8, 4) is 0 Å². The highest BCUT2D eigenvalue weighted by molar-refractivity contribution is 9.08. The molecule has 2 aromatic heterocycles. The van der Waals surface area contributed by atoms with Gasteiger partial charge in [-0.1, -0.05) is 15.9 Å². The SMILES string of the molecule is CCOC(=O)c1sc2ccsc2c1CBr. The highest BCUT2D eigenvalue weighted by Gasteiger charge is 2.19. The lowest BCUT2D eigenvalue weighted by atomic mass is 10.3. The van der Waals surface area contributed by atoms with Crippen LogP contribution in [0.5, 0.6) is 0 Å². The van der Waals surface area contributed by atoms with Crippen molar-refractivity contribution in [2.75, 3.05) is 6.61 Å². The van der Waals surface area contributed by atoms with E-state index in [0.29, 0.717) is 11.9 Å². The molecular weight excluding hydrogens is 296 g/mol. The number of hydrogen-bond donors (Lipinski definition) is 0. The molecule has 0 atom stereocenters. The van der Waals surface area contributed by atoms with Crippen LogP contribution in [0, 0.1) is 0 Å². The van der Waals surface area contributed by atoms with Crippen LogP contribution in [-0.4, -0.2) is 12.6 Å². The molecule has 15 heavy (non-hydrogen) atoms. The molecule has 2 rings (SSSR count). The summed E-state index contributed by atoms with van der Waals surface area (Å²) in [7, 11) is 0. The van der Waals surface area contributed by atoms with Gasteiger partial charge in [-0.05, 0) is 18.4 Å². The van der Waals surface area contributed by atoms with Gasteiger partial charge in [0.1, 0.15) is 4.88 Å². The number of alkyl halides is 1. The van der Waals surface area contributed by atoms with Crippen LogP contribution in [0.3, 0.4) is 0 Å². The molecule has 0 bridgehead atoms. The van der Waals surface area contributed by atoms with E-state index in [0.717, 1.165) is 15.1 Å². The second kappa shape index (κ2) is 4.63. The highest BCUT2D eigenvalue weighted by atomic mass is 79.9. The van der Waals surface area contributed by atoms with Crippen molar-refractivity contribution in [1.82, 2.24) is 0 Å². The summed E-state index contributed by atoms with van der Waals surface area (Å²) in [5, 5.41) is 2.74. The van der Waals surface area contributed by atoms with E-state index in [1.54, 1.807) is 11.3 Å². The highest BCUT2D eigenvalue weighted by Crippen LogP contribution is 2.36. The van der Waals surface area contributed by atoms with E-state index in [4.69, 9.17) is 4.74 Å². The summed E-state index contributed by atoms with van der Waals surface area (Å²) in [4.78, 5) is 12.4. The molecule has 0 spiro atoms. The molecule has 0 unspecified atom stereocenters. The fourth-order valence-electron chi connectivity index (χ4n) is 1.36. The number of carbonyl (C=O) groups is 1. The zero-order valence-corrected chi connectivity index (χ0v) is 11.3. The minimum atomic E-state index is -0.208. The van der Waals surface area contributed by atoms with E-state index in [1.807, 2.05) is 18.4 Å². The molecule has 0 aliphatic heterocycles. The molecule has 0 amide bonds. The van der Waals surface area contributed by atoms with Crippen molar-refractivity contribution < 1.29 is 9.53 Å². The Labute approximate surface area is 104 Å². The van der Waals surface area contributed by atoms with Crippen LogP contribution in [0.25, 0.3) is 9.40 Å². The van der Waals surface area contributed by atoms with Gasteiger partial charge in [-0.3, -0.25) is 0 Å². The van der Waals surface area contributed by atoms with Crippen LogP contribution in [0.4, 0.5) is 0 Å². The number of halogens is 1. The van der Waals surface area contributed by atoms with Gasteiger partial charge in [0.2, 0.25) is 0 Å². The van der Waals surface area contributed by atoms with Crippen LogP contribution in [0.1, 0.15) is 22.2 Å². The molecule has 0 saturated heterocycles. The summed E-state index contributed by atoms with van der Waals surface area (Å²) >= 11 is 6.59. The van der Waals surface area contributed by atoms with Gasteiger partial charge >= 0.3 is 5.97 Å². The first-order valence-electron chi connectivity index (χ1n) is 4.49. The number of esters is 1. The molecule has 0 aromatic carbocycles. The third-order valence-corrected chi connectivity index (χ3v) is 4.83. The third-order valence-electron chi connectivity index (χ3n) is 1.98. The third kappa shape index (κ3) is 1.96. The Morgan fingerprint density at radius 1 is 1.60 bits per heavy atom. The monoisotopic (exact) mass is 304 g/mol. The van der Waals surface area contributed by atoms with Crippen molar-refractivity contribution >= 4 is 54.0 Å². The Balaban J connectivity index is 2.49. The maximum Gasteiger partial charge on any atom is 0.348 e. The first-order valence-corrected chi connectivity index (χ1v) is 7.31. The predicted octanol–water partition coefficient (Wildman–Crippen LogP) is 4.03. The molecule has 0 fully saturated rings. The molecule has 80 valence electrons. The van der Waals surface area contributed by atoms with Gasteiger partial charge in [0.25, 0.3) is 0 Å². The van der Waals surface area contributed by atoms with E-state index in [9.17, 15) is 4.79 Å². The quantitative estimate of drug-likeness (QED) is 0.632. The van der Waals surface area contributed by atoms with Gasteiger partial charge in [0, 0.05) is 20.3 Å². The molecule has 2 heterocycles. The minimum Gasteiger partial charge on any atom is -0.462 e. The summed E-state index contributed by atoms with van der Waals surface area (Å²) in [5.74, 6) is -0.208. The first-order chi connectivity index (χ1) is 7.27. The molecular formula is C10H9BrO2S2. The van der Waals surface area contributed by atoms with Crippen molar-refractivity contribution in [1.29, 1.82) is 0 Å². The summed E-state index contributed by atoms with van der Waals surface area (Å²) in [6, 6.07) is 2.04. The van der Waals surface area contributed by atoms with Crippen LogP contribution in [-0.2, 0) is 10.1 Å². The fourth-order valence-corrected chi connectivity index (χ4v) is 4.56. The lowest BCUT2D eigenvalue weighted by molar-refractivity contribution is 0.0531. The Morgan fingerprint density at radius 2 is 2.40 bits per heavy atom. The van der Waals surface area contributed by atoms with E-state index in [2.05, 4.69) is 15.9 Å². The molecule has 2 aromatic rings. The number of carbonyl (C=O) groups excluding carboxylic acids is 1. The van der Waals surface area contributed by atoms with Gasteiger partial charge < -0.3 is 4.74 Å². The lowest BCUT2D eigenvalue weighted by Crippen LogP contribution is -2.04. The van der Waals surface area contributed by atoms with Crippen LogP contribution >= 0.6 is 38.6 Å². The van der Waals surface area contributed by atoms with Crippen LogP contribution in [0.2, 0.25) is 0 Å². The number of rotatable bonds is 3. The molecule has 0 saturated carbocycles. The Bertz CT molecular complexity index is 487. The van der Waals surface area contributed by atoms with Gasteiger partial charge in [0.15, 0.2) is 0 Å². The van der Waals surface area contributed by atoms with Gasteiger partial charge in [-0.15, -0.1) is 22.7 Å². The van der Waals surface area contributed by atoms with Gasteiger partial charge in [-0.2, -0.15) is 0 Å². The van der Waals surface area contributed by atoms with Gasteiger partial charge in [-0.25, -0.2) is 4.79 Å². The lowest BCUT2D eigenvalue weighted by Gasteiger charge is -2.00. The molecule has 0 aliphatic carbocycles. The second-order valence-electron chi connectivity index (χ2n) is 2.88. The normalized spacial score (nSPS) is 10.8. The Hall–Kier alpha value is -0.390. The summed E-state index contributed by atoms with van der Waals surface area (Å²) in [6.45, 7) is 2.24. The largest absolute Gasteiger partial charge is 0.462 e. The van der Waals surface area contributed by atoms with Crippen molar-refractivity contribution in [2.24, 2.45) is 0 Å². The maximum absolute atomic E-state index is 11.7. The minimum absolute atomic E-state index is 0.208. The first kappa shape index (κ1) is 11.1. The number of fused-ring (bicyclic) bond motifs is 1. The van der Waals surface area contributed by atoms with E-state index >= 15 is 0 Å². The molecule has 0 aliphatic rings. The average Bonchev–Trinajstić information content (AvgIpc) is 2.76. The zero-order valence-electron chi connectivity index (χ0n) is 8.08. The van der Waals surface area contributed by atoms with E-state index < -0.39 is 0 Å². The van der Waals surface area contributed by atoms with Crippen molar-refractivity contribution in [2.45, 2.75) is 12.3 Å². The molecule has 0 N–H and O–H groups in total. The molecule has 5 heteroatoms. The predicted molar refractivity (Wildman–Crippen MR) is 68.3 cm³/mol. The maximum atomic E-state index is 11.7. The van der Waals surface area contributed by atoms with Gasteiger partial charge in [0.05, 0.1) is 6.61 Å². The van der Waals surface area contributed by atoms with Crippen LogP contribution in [0.15, 0.2) is 11.4 Å². The van der Waals surface area contributed by atoms with E-state index in [1.165, 1.54) is 16.0 Å². The Kier molecular flexibility index (Phi) is 3.43. The summed E-state index contributed by atoms with van der Waals surface area (Å²) in [5.41, 5.74) is 1.06. The van der Waals surface area contributed by atoms with Crippen molar-refractivity contribution in [3.05, 3.63) is 21.9 Å². The zero-order chi connectivity index (χ0) is 10.8. The number of hydrogen-bond acceptors (Lipinski definition) is 4. The standard InChI is InChI=1S/C10H9BrO2S2/c1-2-13-10(12)9-6(5-11)8-7(15-9)3-4-14-8/h3-4H,2,5H2,1H3. The Morgan fingerprint density at radius 3 is 3.07 bits per heavy atom. The number of ether oxygens (including phenoxy) is 1. The number of thiophene rings is 2.